The van der Waals surface area contributed by atoms with E-state index in [1.807, 2.05) is 13.0 Å². The third kappa shape index (κ3) is 4.12. The molecule has 1 aromatic carbocycles. The Bertz CT molecular complexity index is 415. The Kier molecular flexibility index (Phi) is 5.69. The lowest BCUT2D eigenvalue weighted by atomic mass is 9.93. The van der Waals surface area contributed by atoms with Crippen molar-refractivity contribution < 1.29 is 4.39 Å². The second-order valence-electron chi connectivity index (χ2n) is 4.52. The molecule has 2 unspecified atom stereocenters. The van der Waals surface area contributed by atoms with Gasteiger partial charge in [-0.05, 0) is 48.0 Å². The van der Waals surface area contributed by atoms with Gasteiger partial charge in [-0.1, -0.05) is 25.1 Å². The molecule has 0 heterocycles. The molecule has 0 aliphatic heterocycles. The molecule has 3 heteroatoms. The summed E-state index contributed by atoms with van der Waals surface area (Å²) in [6.07, 6.45) is 2.91. The number of aryl methyl sites for hydroxylation is 1. The largest absolute Gasteiger partial charge is 0.207 e. The summed E-state index contributed by atoms with van der Waals surface area (Å²) in [5.41, 5.74) is 3.10. The highest BCUT2D eigenvalue weighted by atomic mass is 32.2. The third-order valence-corrected chi connectivity index (χ3v) is 4.18. The summed E-state index contributed by atoms with van der Waals surface area (Å²) in [6.45, 7) is 8.10. The van der Waals surface area contributed by atoms with Crippen LogP contribution in [0.1, 0.15) is 30.4 Å². The molecule has 0 N–H and O–H groups in total. The van der Waals surface area contributed by atoms with E-state index < -0.39 is 0 Å². The first-order chi connectivity index (χ1) is 7.95. The summed E-state index contributed by atoms with van der Waals surface area (Å²) in [5, 5.41) is 0.932. The third-order valence-electron chi connectivity index (χ3n) is 2.86. The highest BCUT2D eigenvalue weighted by Gasteiger charge is 2.13. The van der Waals surface area contributed by atoms with Gasteiger partial charge < -0.3 is 0 Å². The molecule has 0 aliphatic rings. The van der Waals surface area contributed by atoms with Crippen molar-refractivity contribution in [3.8, 4) is 0 Å². The maximum Gasteiger partial charge on any atom is 0.127 e. The maximum absolute atomic E-state index is 13.9. The monoisotopic (exact) mass is 270 g/mol. The Labute approximate surface area is 110 Å². The van der Waals surface area contributed by atoms with Crippen LogP contribution < -0.4 is 5.30 Å². The molecule has 0 radical (unpaired) electrons. The predicted molar refractivity (Wildman–Crippen MR) is 81.0 cm³/mol. The Morgan fingerprint density at radius 2 is 2.18 bits per heavy atom. The smallest absolute Gasteiger partial charge is 0.127 e. The van der Waals surface area contributed by atoms with Gasteiger partial charge in [0, 0.05) is 5.75 Å². The molecule has 94 valence electrons. The second-order valence-corrected chi connectivity index (χ2v) is 6.01. The number of halogens is 1. The molecule has 0 spiro atoms. The van der Waals surface area contributed by atoms with Crippen LogP contribution in [0.3, 0.4) is 0 Å². The number of thioether (sulfide) groups is 1. The molecule has 1 aromatic rings. The van der Waals surface area contributed by atoms with Crippen LogP contribution in [0.25, 0.3) is 0 Å². The lowest BCUT2D eigenvalue weighted by Crippen LogP contribution is -2.06. The zero-order valence-corrected chi connectivity index (χ0v) is 12.7. The maximum atomic E-state index is 13.9. The van der Waals surface area contributed by atoms with Crippen molar-refractivity contribution in [2.45, 2.75) is 26.2 Å². The number of hydrogen-bond donors (Lipinski definition) is 0. The zero-order valence-electron chi connectivity index (χ0n) is 10.7. The second kappa shape index (κ2) is 6.56. The Morgan fingerprint density at radius 1 is 1.53 bits per heavy atom. The van der Waals surface area contributed by atoms with Crippen LogP contribution in [-0.2, 0) is 0 Å². The van der Waals surface area contributed by atoms with E-state index in [0.29, 0.717) is 0 Å². The molecule has 1 rings (SSSR count). The lowest BCUT2D eigenvalue weighted by Gasteiger charge is -2.16. The van der Waals surface area contributed by atoms with E-state index in [2.05, 4.69) is 29.0 Å². The van der Waals surface area contributed by atoms with Crippen molar-refractivity contribution in [2.75, 3.05) is 12.0 Å². The van der Waals surface area contributed by atoms with Crippen LogP contribution in [-0.4, -0.2) is 12.0 Å². The first kappa shape index (κ1) is 14.7. The standard InChI is InChI=1S/C14H20FPS/c1-9(8-17-4)5-10(2)12-6-11(3)14(16)7-13(12)15/h6-7,10H,1,5,8,16H2,2-4H3. The van der Waals surface area contributed by atoms with E-state index in [-0.39, 0.29) is 11.7 Å². The zero-order chi connectivity index (χ0) is 13.0. The van der Waals surface area contributed by atoms with Gasteiger partial charge in [-0.3, -0.25) is 0 Å². The fraction of sp³-hybridized carbons (Fsp3) is 0.429. The van der Waals surface area contributed by atoms with E-state index in [1.54, 1.807) is 17.8 Å². The molecule has 0 aliphatic carbocycles. The molecule has 0 saturated carbocycles. The van der Waals surface area contributed by atoms with Gasteiger partial charge in [0.1, 0.15) is 5.82 Å². The first-order valence-corrected chi connectivity index (χ1v) is 7.64. The van der Waals surface area contributed by atoms with E-state index in [4.69, 9.17) is 0 Å². The molecule has 0 nitrogen and oxygen atoms in total. The van der Waals surface area contributed by atoms with Gasteiger partial charge in [0.25, 0.3) is 0 Å². The van der Waals surface area contributed by atoms with Crippen molar-refractivity contribution in [1.29, 1.82) is 0 Å². The molecular formula is C14H20FPS. The highest BCUT2D eigenvalue weighted by molar-refractivity contribution is 7.98. The fourth-order valence-electron chi connectivity index (χ4n) is 1.90. The van der Waals surface area contributed by atoms with Crippen molar-refractivity contribution in [3.63, 3.8) is 0 Å². The minimum absolute atomic E-state index is 0.106. The minimum Gasteiger partial charge on any atom is -0.207 e. The topological polar surface area (TPSA) is 0 Å². The normalized spacial score (nSPS) is 12.5. The van der Waals surface area contributed by atoms with Gasteiger partial charge in [-0.25, -0.2) is 4.39 Å². The van der Waals surface area contributed by atoms with Crippen molar-refractivity contribution >= 4 is 26.3 Å². The van der Waals surface area contributed by atoms with Crippen LogP contribution in [0, 0.1) is 12.7 Å². The quantitative estimate of drug-likeness (QED) is 0.574. The SMILES string of the molecule is C=C(CSC)CC(C)c1cc(C)c(P)cc1F. The van der Waals surface area contributed by atoms with Crippen molar-refractivity contribution in [3.05, 3.63) is 41.2 Å². The fourth-order valence-corrected chi connectivity index (χ4v) is 2.66. The summed E-state index contributed by atoms with van der Waals surface area (Å²) in [4.78, 5) is 0. The van der Waals surface area contributed by atoms with Crippen LogP contribution in [0.4, 0.5) is 4.39 Å². The molecule has 17 heavy (non-hydrogen) atoms. The van der Waals surface area contributed by atoms with Gasteiger partial charge in [0.05, 0.1) is 0 Å². The lowest BCUT2D eigenvalue weighted by molar-refractivity contribution is 0.588. The minimum atomic E-state index is -0.106. The average molecular weight is 270 g/mol. The van der Waals surface area contributed by atoms with E-state index in [1.165, 1.54) is 5.57 Å². The van der Waals surface area contributed by atoms with Crippen LogP contribution >= 0.6 is 21.0 Å². The Morgan fingerprint density at radius 3 is 2.76 bits per heavy atom. The summed E-state index contributed by atoms with van der Waals surface area (Å²) < 4.78 is 13.9. The van der Waals surface area contributed by atoms with Gasteiger partial charge >= 0.3 is 0 Å². The van der Waals surface area contributed by atoms with Gasteiger partial charge in [0.2, 0.25) is 0 Å². The number of rotatable bonds is 5. The summed E-state index contributed by atoms with van der Waals surface area (Å²) in [5.74, 6) is 1.04. The van der Waals surface area contributed by atoms with Crippen LogP contribution in [0.15, 0.2) is 24.3 Å². The molecular weight excluding hydrogens is 250 g/mol. The first-order valence-electron chi connectivity index (χ1n) is 5.66. The number of benzene rings is 1. The van der Waals surface area contributed by atoms with Crippen molar-refractivity contribution in [2.24, 2.45) is 0 Å². The Hall–Kier alpha value is -0.330. The number of hydrogen-bond acceptors (Lipinski definition) is 1. The van der Waals surface area contributed by atoms with Gasteiger partial charge in [-0.15, -0.1) is 9.24 Å². The van der Waals surface area contributed by atoms with Crippen LogP contribution in [0.5, 0.6) is 0 Å². The molecule has 2 atom stereocenters. The predicted octanol–water partition coefficient (Wildman–Crippen LogP) is 4.05. The molecule has 0 saturated heterocycles. The van der Waals surface area contributed by atoms with E-state index in [0.717, 1.165) is 28.6 Å². The van der Waals surface area contributed by atoms with Gasteiger partial charge in [0.15, 0.2) is 0 Å². The van der Waals surface area contributed by atoms with E-state index >= 15 is 0 Å². The molecule has 0 aromatic heterocycles. The molecule has 0 bridgehead atoms. The van der Waals surface area contributed by atoms with E-state index in [9.17, 15) is 4.39 Å². The van der Waals surface area contributed by atoms with Crippen molar-refractivity contribution in [1.82, 2.24) is 0 Å². The summed E-state index contributed by atoms with van der Waals surface area (Å²) >= 11 is 1.76. The molecule has 0 fully saturated rings. The Balaban J connectivity index is 2.85. The summed E-state index contributed by atoms with van der Waals surface area (Å²) in [7, 11) is 2.57. The highest BCUT2D eigenvalue weighted by Crippen LogP contribution is 2.26. The molecule has 0 amide bonds. The van der Waals surface area contributed by atoms with Crippen LogP contribution in [0.2, 0.25) is 0 Å². The average Bonchev–Trinajstić information content (AvgIpc) is 2.23. The van der Waals surface area contributed by atoms with Gasteiger partial charge in [-0.2, -0.15) is 11.8 Å². The summed E-state index contributed by atoms with van der Waals surface area (Å²) in [6, 6.07) is 3.55.